The number of nitrogens with one attached hydrogen (secondary N) is 3. The van der Waals surface area contributed by atoms with Crippen molar-refractivity contribution >= 4 is 17.1 Å². The third kappa shape index (κ3) is 9.18. The molecule has 0 bridgehead atoms. The predicted molar refractivity (Wildman–Crippen MR) is 236 cm³/mol. The molecule has 0 amide bonds. The molecule has 0 fully saturated rings. The van der Waals surface area contributed by atoms with Gasteiger partial charge in [0.1, 0.15) is 6.17 Å². The Balaban J connectivity index is 0.977. The van der Waals surface area contributed by atoms with E-state index in [-0.39, 0.29) is 18.4 Å². The number of hydrogen-bond donors (Lipinski definition) is 5. The van der Waals surface area contributed by atoms with E-state index in [9.17, 15) is 0 Å². The highest BCUT2D eigenvalue weighted by atomic mass is 15.1. The third-order valence-corrected chi connectivity index (χ3v) is 10.2. The van der Waals surface area contributed by atoms with Crippen molar-refractivity contribution in [2.75, 3.05) is 6.67 Å². The molecule has 0 radical (unpaired) electrons. The number of benzene rings is 7. The summed E-state index contributed by atoms with van der Waals surface area (Å²) in [5.74, 6) is 0. The van der Waals surface area contributed by atoms with Gasteiger partial charge in [0.05, 0.1) is 24.6 Å². The Morgan fingerprint density at radius 3 is 1.77 bits per heavy atom. The number of aliphatic imine (C=N–C) groups is 1. The van der Waals surface area contributed by atoms with Crippen LogP contribution < -0.4 is 27.4 Å². The molecule has 57 heavy (non-hydrogen) atoms. The van der Waals surface area contributed by atoms with Crippen molar-refractivity contribution in [1.82, 2.24) is 16.0 Å². The van der Waals surface area contributed by atoms with Gasteiger partial charge in [0.2, 0.25) is 0 Å². The number of nitrogens with two attached hydrogens (primary N) is 2. The number of allylic oxidation sites excluding steroid dienone is 1. The van der Waals surface area contributed by atoms with Crippen LogP contribution in [0.4, 0.5) is 0 Å². The zero-order valence-corrected chi connectivity index (χ0v) is 31.7. The van der Waals surface area contributed by atoms with Crippen LogP contribution in [0.3, 0.4) is 0 Å². The van der Waals surface area contributed by atoms with E-state index in [1.807, 2.05) is 60.7 Å². The molecule has 0 saturated heterocycles. The summed E-state index contributed by atoms with van der Waals surface area (Å²) < 4.78 is 0. The molecule has 1 heterocycles. The van der Waals surface area contributed by atoms with Gasteiger partial charge in [-0.1, -0.05) is 188 Å². The molecule has 3 atom stereocenters. The van der Waals surface area contributed by atoms with Gasteiger partial charge in [-0.05, 0) is 73.9 Å². The Hall–Kier alpha value is -6.83. The van der Waals surface area contributed by atoms with E-state index in [4.69, 9.17) is 16.5 Å². The Kier molecular flexibility index (Phi) is 11.6. The summed E-state index contributed by atoms with van der Waals surface area (Å²) in [5.41, 5.74) is 27.2. The van der Waals surface area contributed by atoms with E-state index < -0.39 is 0 Å². The van der Waals surface area contributed by atoms with Gasteiger partial charge in [0.25, 0.3) is 0 Å². The summed E-state index contributed by atoms with van der Waals surface area (Å²) in [7, 11) is 0. The Bertz CT molecular complexity index is 2460. The summed E-state index contributed by atoms with van der Waals surface area (Å²) in [5, 5.41) is 10.7. The van der Waals surface area contributed by atoms with E-state index in [1.165, 1.54) is 11.1 Å². The van der Waals surface area contributed by atoms with Gasteiger partial charge in [0.15, 0.2) is 0 Å². The second-order valence-electron chi connectivity index (χ2n) is 14.1. The van der Waals surface area contributed by atoms with Crippen LogP contribution in [0.5, 0.6) is 0 Å². The third-order valence-electron chi connectivity index (χ3n) is 10.2. The molecular weight excluding hydrogens is 697 g/mol. The molecule has 3 unspecified atom stereocenters. The normalized spacial score (nSPS) is 15.1. The first-order chi connectivity index (χ1) is 28.1. The molecule has 0 aromatic heterocycles. The van der Waals surface area contributed by atoms with Gasteiger partial charge in [-0.3, -0.25) is 10.3 Å². The van der Waals surface area contributed by atoms with Crippen molar-refractivity contribution in [3.8, 4) is 22.3 Å². The monoisotopic (exact) mass is 742 g/mol. The van der Waals surface area contributed by atoms with E-state index in [0.717, 1.165) is 61.6 Å². The lowest BCUT2D eigenvalue weighted by Gasteiger charge is -2.25. The van der Waals surface area contributed by atoms with E-state index in [1.54, 1.807) is 0 Å². The molecule has 0 saturated carbocycles. The van der Waals surface area contributed by atoms with Crippen molar-refractivity contribution < 1.29 is 0 Å². The second-order valence-corrected chi connectivity index (χ2v) is 14.1. The minimum absolute atomic E-state index is 0.213. The van der Waals surface area contributed by atoms with Crippen LogP contribution in [0.2, 0.25) is 0 Å². The first-order valence-electron chi connectivity index (χ1n) is 19.4. The topological polar surface area (TPSA) is 100 Å². The molecular formula is C51H46N6. The number of hydrogen-bond acceptors (Lipinski definition) is 6. The Morgan fingerprint density at radius 1 is 0.561 bits per heavy atom. The van der Waals surface area contributed by atoms with Gasteiger partial charge >= 0.3 is 0 Å². The van der Waals surface area contributed by atoms with Gasteiger partial charge in [-0.2, -0.15) is 0 Å². The molecule has 1 aliphatic heterocycles. The fourth-order valence-electron chi connectivity index (χ4n) is 7.07. The lowest BCUT2D eigenvalue weighted by Crippen LogP contribution is -2.36. The second kappa shape index (κ2) is 17.8. The summed E-state index contributed by atoms with van der Waals surface area (Å²) in [6, 6.07) is 66.6. The average Bonchev–Trinajstić information content (AvgIpc) is 3.29. The largest absolute Gasteiger partial charge is 0.372 e. The minimum atomic E-state index is -0.388. The fraction of sp³-hybridized carbons (Fsp3) is 0.0784. The summed E-state index contributed by atoms with van der Waals surface area (Å²) in [6.45, 7) is 0.454. The van der Waals surface area contributed by atoms with Gasteiger partial charge in [-0.15, -0.1) is 0 Å². The molecule has 280 valence electrons. The maximum absolute atomic E-state index is 6.72. The van der Waals surface area contributed by atoms with Gasteiger partial charge in [0, 0.05) is 11.4 Å². The van der Waals surface area contributed by atoms with Crippen molar-refractivity contribution in [2.24, 2.45) is 16.5 Å². The van der Waals surface area contributed by atoms with Crippen molar-refractivity contribution in [2.45, 2.75) is 18.4 Å². The van der Waals surface area contributed by atoms with Crippen LogP contribution in [-0.2, 0) is 0 Å². The van der Waals surface area contributed by atoms with Crippen LogP contribution in [0, 0.1) is 0 Å². The first kappa shape index (κ1) is 37.1. The summed E-state index contributed by atoms with van der Waals surface area (Å²) >= 11 is 0. The van der Waals surface area contributed by atoms with Crippen molar-refractivity contribution in [3.05, 3.63) is 240 Å². The van der Waals surface area contributed by atoms with E-state index >= 15 is 0 Å². The van der Waals surface area contributed by atoms with Crippen LogP contribution in [0.1, 0.15) is 51.8 Å². The van der Waals surface area contributed by atoms with Crippen LogP contribution in [0.25, 0.3) is 33.6 Å². The predicted octanol–water partition coefficient (Wildman–Crippen LogP) is 9.99. The highest BCUT2D eigenvalue weighted by Gasteiger charge is 2.20. The van der Waals surface area contributed by atoms with Gasteiger partial charge in [-0.25, -0.2) is 0 Å². The smallest absolute Gasteiger partial charge is 0.145 e. The molecule has 7 aromatic rings. The minimum Gasteiger partial charge on any atom is -0.372 e. The highest BCUT2D eigenvalue weighted by molar-refractivity contribution is 6.13. The molecule has 0 spiro atoms. The average molecular weight is 743 g/mol. The van der Waals surface area contributed by atoms with Crippen molar-refractivity contribution in [1.29, 1.82) is 0 Å². The molecule has 0 aliphatic carbocycles. The van der Waals surface area contributed by atoms with Crippen LogP contribution >= 0.6 is 0 Å². The summed E-state index contributed by atoms with van der Waals surface area (Å²) in [4.78, 5) is 5.18. The number of nitrogens with zero attached hydrogens (tertiary/aromatic N) is 1. The maximum Gasteiger partial charge on any atom is 0.145 e. The highest BCUT2D eigenvalue weighted by Crippen LogP contribution is 2.30. The SMILES string of the molecule is NC(/C=C(\NCNC(N)c1cccc(-c2ccc(C3=NC(c4ccccc4)NC(c4ccc(-c5ccccc5)cc4)=C3)cc2)c1)c1ccccc1)c1ccccc1. The van der Waals surface area contributed by atoms with Crippen LogP contribution in [0.15, 0.2) is 211 Å². The Labute approximate surface area is 335 Å². The van der Waals surface area contributed by atoms with Crippen LogP contribution in [-0.4, -0.2) is 12.4 Å². The zero-order chi connectivity index (χ0) is 38.8. The zero-order valence-electron chi connectivity index (χ0n) is 31.7. The summed E-state index contributed by atoms with van der Waals surface area (Å²) in [6.07, 6.45) is 3.61. The lowest BCUT2D eigenvalue weighted by atomic mass is 9.97. The maximum atomic E-state index is 6.72. The quantitative estimate of drug-likeness (QED) is 0.0758. The Morgan fingerprint density at radius 2 is 1.09 bits per heavy atom. The first-order valence-corrected chi connectivity index (χ1v) is 19.4. The van der Waals surface area contributed by atoms with Gasteiger partial charge < -0.3 is 22.1 Å². The van der Waals surface area contributed by atoms with E-state index in [2.05, 4.69) is 162 Å². The van der Waals surface area contributed by atoms with Crippen molar-refractivity contribution in [3.63, 3.8) is 0 Å². The molecule has 7 aromatic carbocycles. The number of rotatable bonds is 13. The lowest BCUT2D eigenvalue weighted by molar-refractivity contribution is 0.539. The molecule has 6 heteroatoms. The molecule has 1 aliphatic rings. The molecule has 7 N–H and O–H groups in total. The standard InChI is InChI=1S/C51H46N6/c52-46(39-16-7-2-8-17-39)33-47(40-18-9-3-10-19-40)54-35-55-50(53)45-23-13-22-44(32-45)38-26-30-42(31-27-38)49-34-48(56-51(57-49)43-20-11-4-12-21-43)41-28-24-37(25-29-41)36-14-5-1-6-15-36/h1-34,46,50-51,54-56H,35,52-53H2/b47-33-. The molecule has 6 nitrogen and oxygen atoms in total. The van der Waals surface area contributed by atoms with E-state index in [0.29, 0.717) is 6.67 Å². The molecule has 8 rings (SSSR count). The fourth-order valence-corrected chi connectivity index (χ4v) is 7.07.